The zero-order valence-corrected chi connectivity index (χ0v) is 13.4. The van der Waals surface area contributed by atoms with Crippen molar-refractivity contribution in [2.24, 2.45) is 5.73 Å². The van der Waals surface area contributed by atoms with E-state index in [9.17, 15) is 4.79 Å². The van der Waals surface area contributed by atoms with Crippen LogP contribution >= 0.6 is 0 Å². The van der Waals surface area contributed by atoms with Crippen LogP contribution in [-0.2, 0) is 4.74 Å². The molecule has 0 unspecified atom stereocenters. The van der Waals surface area contributed by atoms with Crippen molar-refractivity contribution in [2.75, 3.05) is 31.2 Å². The summed E-state index contributed by atoms with van der Waals surface area (Å²) in [7, 11) is 0. The van der Waals surface area contributed by atoms with E-state index in [-0.39, 0.29) is 0 Å². The van der Waals surface area contributed by atoms with Crippen molar-refractivity contribution in [1.29, 1.82) is 0 Å². The number of anilines is 1. The van der Waals surface area contributed by atoms with Crippen LogP contribution in [0.1, 0.15) is 21.6 Å². The van der Waals surface area contributed by atoms with Crippen LogP contribution in [0.2, 0.25) is 0 Å². The number of morpholine rings is 1. The number of primary amides is 1. The summed E-state index contributed by atoms with van der Waals surface area (Å²) in [6.07, 6.45) is 3.44. The molecule has 3 heterocycles. The number of hydrogen-bond acceptors (Lipinski definition) is 5. The molecule has 1 aliphatic rings. The minimum Gasteiger partial charge on any atom is -0.378 e. The highest BCUT2D eigenvalue weighted by Crippen LogP contribution is 2.35. The summed E-state index contributed by atoms with van der Waals surface area (Å²) in [4.78, 5) is 23.2. The molecule has 23 heavy (non-hydrogen) atoms. The molecule has 120 valence electrons. The number of aryl methyl sites for hydroxylation is 1. The number of aromatic nitrogens is 2. The maximum atomic E-state index is 12.1. The SMILES string of the molecule is Cc1nc(N2CCOCC2)c(-c2cccnc2)c(C(N)=O)c1C. The van der Waals surface area contributed by atoms with Crippen molar-refractivity contribution in [1.82, 2.24) is 9.97 Å². The van der Waals surface area contributed by atoms with Gasteiger partial charge in [-0.15, -0.1) is 0 Å². The summed E-state index contributed by atoms with van der Waals surface area (Å²) in [5.41, 5.74) is 9.44. The van der Waals surface area contributed by atoms with Gasteiger partial charge in [0.1, 0.15) is 5.82 Å². The first-order valence-electron chi connectivity index (χ1n) is 7.63. The molecule has 0 atom stereocenters. The fourth-order valence-electron chi connectivity index (χ4n) is 2.87. The third-order valence-corrected chi connectivity index (χ3v) is 4.17. The molecule has 0 aromatic carbocycles. The highest BCUT2D eigenvalue weighted by atomic mass is 16.5. The lowest BCUT2D eigenvalue weighted by Crippen LogP contribution is -2.37. The molecule has 1 amide bonds. The molecule has 0 spiro atoms. The Morgan fingerprint density at radius 1 is 1.30 bits per heavy atom. The first kappa shape index (κ1) is 15.4. The highest BCUT2D eigenvalue weighted by Gasteiger charge is 2.25. The molecule has 6 heteroatoms. The van der Waals surface area contributed by atoms with Crippen LogP contribution < -0.4 is 10.6 Å². The minimum absolute atomic E-state index is 0.443. The van der Waals surface area contributed by atoms with Gasteiger partial charge in [-0.05, 0) is 25.5 Å². The minimum atomic E-state index is -0.443. The average molecular weight is 312 g/mol. The van der Waals surface area contributed by atoms with Crippen LogP contribution in [0.5, 0.6) is 0 Å². The number of hydrogen-bond donors (Lipinski definition) is 1. The summed E-state index contributed by atoms with van der Waals surface area (Å²) in [6, 6.07) is 3.77. The van der Waals surface area contributed by atoms with E-state index in [1.807, 2.05) is 26.0 Å². The van der Waals surface area contributed by atoms with Crippen molar-refractivity contribution in [3.63, 3.8) is 0 Å². The molecule has 2 N–H and O–H groups in total. The lowest BCUT2D eigenvalue weighted by Gasteiger charge is -2.31. The van der Waals surface area contributed by atoms with Gasteiger partial charge < -0.3 is 15.4 Å². The Bertz CT molecular complexity index is 725. The molecular formula is C17H20N4O2. The van der Waals surface area contributed by atoms with Gasteiger partial charge >= 0.3 is 0 Å². The zero-order chi connectivity index (χ0) is 16.4. The highest BCUT2D eigenvalue weighted by molar-refractivity contribution is 6.04. The molecule has 2 aromatic heterocycles. The number of pyridine rings is 2. The predicted molar refractivity (Wildman–Crippen MR) is 88.5 cm³/mol. The molecule has 0 bridgehead atoms. The molecule has 0 saturated carbocycles. The van der Waals surface area contributed by atoms with E-state index >= 15 is 0 Å². The first-order valence-corrected chi connectivity index (χ1v) is 7.63. The molecule has 2 aromatic rings. The van der Waals surface area contributed by atoms with Gasteiger partial charge in [-0.25, -0.2) is 4.98 Å². The van der Waals surface area contributed by atoms with E-state index in [1.165, 1.54) is 0 Å². The van der Waals surface area contributed by atoms with Crippen molar-refractivity contribution in [3.05, 3.63) is 41.3 Å². The van der Waals surface area contributed by atoms with Gasteiger partial charge in [-0.1, -0.05) is 6.07 Å². The fraction of sp³-hybridized carbons (Fsp3) is 0.353. The molecule has 1 fully saturated rings. The average Bonchev–Trinajstić information content (AvgIpc) is 2.58. The number of ether oxygens (including phenoxy) is 1. The van der Waals surface area contributed by atoms with Gasteiger partial charge in [0.25, 0.3) is 0 Å². The normalized spacial score (nSPS) is 14.8. The van der Waals surface area contributed by atoms with E-state index in [1.54, 1.807) is 12.4 Å². The fourth-order valence-corrected chi connectivity index (χ4v) is 2.87. The van der Waals surface area contributed by atoms with Crippen LogP contribution in [0, 0.1) is 13.8 Å². The second kappa shape index (κ2) is 6.34. The lowest BCUT2D eigenvalue weighted by atomic mass is 9.95. The second-order valence-corrected chi connectivity index (χ2v) is 5.60. The van der Waals surface area contributed by atoms with E-state index in [2.05, 4.69) is 9.88 Å². The molecule has 3 rings (SSSR count). The van der Waals surface area contributed by atoms with Crippen LogP contribution in [0.15, 0.2) is 24.5 Å². The maximum absolute atomic E-state index is 12.1. The van der Waals surface area contributed by atoms with Crippen LogP contribution in [0.4, 0.5) is 5.82 Å². The van der Waals surface area contributed by atoms with Gasteiger partial charge in [0.15, 0.2) is 0 Å². The Morgan fingerprint density at radius 2 is 2.04 bits per heavy atom. The van der Waals surface area contributed by atoms with Crippen LogP contribution in [0.25, 0.3) is 11.1 Å². The van der Waals surface area contributed by atoms with E-state index in [0.717, 1.165) is 41.3 Å². The van der Waals surface area contributed by atoms with Crippen molar-refractivity contribution >= 4 is 11.7 Å². The van der Waals surface area contributed by atoms with Crippen molar-refractivity contribution in [2.45, 2.75) is 13.8 Å². The molecule has 0 aliphatic carbocycles. The summed E-state index contributed by atoms with van der Waals surface area (Å²) in [6.45, 7) is 6.55. The monoisotopic (exact) mass is 312 g/mol. The van der Waals surface area contributed by atoms with E-state index in [0.29, 0.717) is 18.8 Å². The Morgan fingerprint density at radius 3 is 2.65 bits per heavy atom. The standard InChI is InChI=1S/C17H20N4O2/c1-11-12(2)20-17(21-6-8-23-9-7-21)15(14(11)16(18)22)13-4-3-5-19-10-13/h3-5,10H,6-9H2,1-2H3,(H2,18,22). The van der Waals surface area contributed by atoms with Gasteiger partial charge in [0, 0.05) is 42.3 Å². The molecule has 6 nitrogen and oxygen atoms in total. The molecule has 0 radical (unpaired) electrons. The third kappa shape index (κ3) is 2.90. The van der Waals surface area contributed by atoms with Gasteiger partial charge in [-0.3, -0.25) is 9.78 Å². The third-order valence-electron chi connectivity index (χ3n) is 4.17. The second-order valence-electron chi connectivity index (χ2n) is 5.60. The van der Waals surface area contributed by atoms with Gasteiger partial charge in [0.2, 0.25) is 5.91 Å². The smallest absolute Gasteiger partial charge is 0.249 e. The number of amides is 1. The van der Waals surface area contributed by atoms with Gasteiger partial charge in [-0.2, -0.15) is 0 Å². The summed E-state index contributed by atoms with van der Waals surface area (Å²) >= 11 is 0. The summed E-state index contributed by atoms with van der Waals surface area (Å²) in [5.74, 6) is 0.333. The zero-order valence-electron chi connectivity index (χ0n) is 13.4. The molecule has 1 saturated heterocycles. The van der Waals surface area contributed by atoms with Crippen LogP contribution in [-0.4, -0.2) is 42.2 Å². The Kier molecular flexibility index (Phi) is 4.25. The van der Waals surface area contributed by atoms with Crippen LogP contribution in [0.3, 0.4) is 0 Å². The van der Waals surface area contributed by atoms with E-state index in [4.69, 9.17) is 15.5 Å². The Labute approximate surface area is 135 Å². The number of carbonyl (C=O) groups is 1. The molecular weight excluding hydrogens is 292 g/mol. The maximum Gasteiger partial charge on any atom is 0.249 e. The molecule has 1 aliphatic heterocycles. The van der Waals surface area contributed by atoms with E-state index < -0.39 is 5.91 Å². The topological polar surface area (TPSA) is 81.3 Å². The predicted octanol–water partition coefficient (Wildman–Crippen LogP) is 1.70. The van der Waals surface area contributed by atoms with Crippen molar-refractivity contribution in [3.8, 4) is 11.1 Å². The quantitative estimate of drug-likeness (QED) is 0.933. The number of nitrogens with zero attached hydrogens (tertiary/aromatic N) is 3. The number of rotatable bonds is 3. The largest absolute Gasteiger partial charge is 0.378 e. The summed E-state index contributed by atoms with van der Waals surface area (Å²) < 4.78 is 5.43. The van der Waals surface area contributed by atoms with Gasteiger partial charge in [0.05, 0.1) is 18.8 Å². The number of nitrogens with two attached hydrogens (primary N) is 1. The Balaban J connectivity index is 2.27. The Hall–Kier alpha value is -2.47. The first-order chi connectivity index (χ1) is 11.1. The summed E-state index contributed by atoms with van der Waals surface area (Å²) in [5, 5.41) is 0. The van der Waals surface area contributed by atoms with Crippen molar-refractivity contribution < 1.29 is 9.53 Å². The number of carbonyl (C=O) groups excluding carboxylic acids is 1. The lowest BCUT2D eigenvalue weighted by molar-refractivity contribution is 0.1000.